The van der Waals surface area contributed by atoms with Gasteiger partial charge in [0.25, 0.3) is 5.56 Å². The fraction of sp³-hybridized carbons (Fsp3) is 0.296. The van der Waals surface area contributed by atoms with Crippen molar-refractivity contribution in [2.24, 2.45) is 0 Å². The third-order valence-electron chi connectivity index (χ3n) is 7.08. The molecule has 0 atom stereocenters. The van der Waals surface area contributed by atoms with Crippen LogP contribution in [0.15, 0.2) is 56.6 Å². The average molecular weight is 569 g/mol. The van der Waals surface area contributed by atoms with E-state index >= 15 is 0 Å². The number of anilines is 1. The second kappa shape index (κ2) is 9.73. The second-order valence-corrected chi connectivity index (χ2v) is 10.6. The lowest BCUT2D eigenvalue weighted by Crippen LogP contribution is -2.39. The lowest BCUT2D eigenvalue weighted by molar-refractivity contribution is -0.137. The number of thiazole rings is 1. The predicted molar refractivity (Wildman–Crippen MR) is 144 cm³/mol. The van der Waals surface area contributed by atoms with Gasteiger partial charge in [0, 0.05) is 18.7 Å². The number of benzene rings is 2. The van der Waals surface area contributed by atoms with Crippen molar-refractivity contribution in [3.63, 3.8) is 0 Å². The summed E-state index contributed by atoms with van der Waals surface area (Å²) >= 11 is 1.23. The zero-order valence-electron chi connectivity index (χ0n) is 21.5. The molecular formula is C27H23F3N6O3S. The third-order valence-corrected chi connectivity index (χ3v) is 8.17. The van der Waals surface area contributed by atoms with Gasteiger partial charge < -0.3 is 9.42 Å². The molecule has 4 heterocycles. The average Bonchev–Trinajstić information content (AvgIpc) is 3.69. The first-order valence-corrected chi connectivity index (χ1v) is 13.4. The van der Waals surface area contributed by atoms with E-state index in [0.717, 1.165) is 53.8 Å². The molecule has 0 bridgehead atoms. The highest BCUT2D eigenvalue weighted by atomic mass is 32.1. The minimum absolute atomic E-state index is 0.0160. The minimum Gasteiger partial charge on any atom is -0.348 e. The first-order valence-electron chi connectivity index (χ1n) is 12.6. The Morgan fingerprint density at radius 2 is 1.77 bits per heavy atom. The third kappa shape index (κ3) is 4.49. The van der Waals surface area contributed by atoms with Crippen molar-refractivity contribution in [2.75, 3.05) is 18.0 Å². The van der Waals surface area contributed by atoms with Crippen LogP contribution in [0.5, 0.6) is 0 Å². The van der Waals surface area contributed by atoms with Crippen LogP contribution in [0.3, 0.4) is 0 Å². The summed E-state index contributed by atoms with van der Waals surface area (Å²) in [5.41, 5.74) is 0.520. The van der Waals surface area contributed by atoms with Gasteiger partial charge in [-0.05, 0) is 56.0 Å². The summed E-state index contributed by atoms with van der Waals surface area (Å²) in [5, 5.41) is 4.49. The molecule has 0 unspecified atom stereocenters. The topological polar surface area (TPSA) is 99.1 Å². The van der Waals surface area contributed by atoms with E-state index in [2.05, 4.69) is 20.0 Å². The van der Waals surface area contributed by atoms with Gasteiger partial charge in [0.05, 0.1) is 11.3 Å². The van der Waals surface area contributed by atoms with Crippen molar-refractivity contribution >= 4 is 26.8 Å². The van der Waals surface area contributed by atoms with Gasteiger partial charge in [0.15, 0.2) is 10.8 Å². The van der Waals surface area contributed by atoms with Crippen LogP contribution in [-0.2, 0) is 12.7 Å². The van der Waals surface area contributed by atoms with Crippen molar-refractivity contribution in [3.8, 4) is 17.1 Å². The maximum Gasteiger partial charge on any atom is 0.416 e. The molecule has 13 heteroatoms. The van der Waals surface area contributed by atoms with E-state index in [9.17, 15) is 22.8 Å². The van der Waals surface area contributed by atoms with Gasteiger partial charge in [-0.25, -0.2) is 14.3 Å². The van der Waals surface area contributed by atoms with Gasteiger partial charge in [-0.3, -0.25) is 9.36 Å². The number of rotatable bonds is 5. The summed E-state index contributed by atoms with van der Waals surface area (Å²) in [6.07, 6.45) is -2.51. The minimum atomic E-state index is -4.53. The van der Waals surface area contributed by atoms with Crippen molar-refractivity contribution in [1.82, 2.24) is 24.3 Å². The number of aryl methyl sites for hydroxylation is 1. The number of aromatic nitrogens is 5. The van der Waals surface area contributed by atoms with Crippen LogP contribution < -0.4 is 16.1 Å². The van der Waals surface area contributed by atoms with Gasteiger partial charge in [0.1, 0.15) is 11.2 Å². The summed E-state index contributed by atoms with van der Waals surface area (Å²) in [6.45, 7) is 5.12. The van der Waals surface area contributed by atoms with E-state index in [1.165, 1.54) is 28.0 Å². The Morgan fingerprint density at radius 3 is 2.52 bits per heavy atom. The zero-order valence-corrected chi connectivity index (χ0v) is 22.3. The SMILES string of the molecule is Cc1cccc(-n2c(=O)c3sc(N4CCCC4)nc3n(Cc3nc(-c4cccc(C(F)(F)F)c4)no3)c2=O)c1C. The number of nitrogens with zero attached hydrogens (tertiary/aromatic N) is 6. The summed E-state index contributed by atoms with van der Waals surface area (Å²) < 4.78 is 47.7. The maximum absolute atomic E-state index is 13.9. The van der Waals surface area contributed by atoms with Crippen molar-refractivity contribution < 1.29 is 17.7 Å². The molecule has 1 aliphatic heterocycles. The molecule has 40 heavy (non-hydrogen) atoms. The Morgan fingerprint density at radius 1 is 1.02 bits per heavy atom. The highest BCUT2D eigenvalue weighted by Gasteiger charge is 2.31. The largest absolute Gasteiger partial charge is 0.416 e. The van der Waals surface area contributed by atoms with Crippen LogP contribution in [0.4, 0.5) is 18.3 Å². The molecule has 0 amide bonds. The Hall–Kier alpha value is -4.26. The highest BCUT2D eigenvalue weighted by molar-refractivity contribution is 7.22. The zero-order chi connectivity index (χ0) is 28.2. The molecule has 9 nitrogen and oxygen atoms in total. The van der Waals surface area contributed by atoms with E-state index in [-0.39, 0.29) is 29.5 Å². The Labute approximate surface area is 229 Å². The first kappa shape index (κ1) is 26.0. The van der Waals surface area contributed by atoms with E-state index in [1.807, 2.05) is 19.9 Å². The molecule has 0 saturated carbocycles. The van der Waals surface area contributed by atoms with Gasteiger partial charge in [-0.2, -0.15) is 18.2 Å². The molecule has 1 saturated heterocycles. The molecule has 1 fully saturated rings. The van der Waals surface area contributed by atoms with Crippen molar-refractivity contribution in [1.29, 1.82) is 0 Å². The molecule has 1 aliphatic rings. The monoisotopic (exact) mass is 568 g/mol. The summed E-state index contributed by atoms with van der Waals surface area (Å²) in [5.74, 6) is -0.0676. The van der Waals surface area contributed by atoms with E-state index in [4.69, 9.17) is 4.52 Å². The Bertz CT molecular complexity index is 1860. The summed E-state index contributed by atoms with van der Waals surface area (Å²) in [7, 11) is 0. The quantitative estimate of drug-likeness (QED) is 0.296. The summed E-state index contributed by atoms with van der Waals surface area (Å²) in [6, 6.07) is 9.98. The van der Waals surface area contributed by atoms with Crippen LogP contribution in [0, 0.1) is 13.8 Å². The van der Waals surface area contributed by atoms with Gasteiger partial charge in [-0.15, -0.1) is 0 Å². The number of alkyl halides is 3. The van der Waals surface area contributed by atoms with Gasteiger partial charge in [-0.1, -0.05) is 40.8 Å². The fourth-order valence-electron chi connectivity index (χ4n) is 4.81. The summed E-state index contributed by atoms with van der Waals surface area (Å²) in [4.78, 5) is 38.6. The van der Waals surface area contributed by atoms with Crippen LogP contribution in [-0.4, -0.2) is 37.3 Å². The molecule has 0 radical (unpaired) electrons. The van der Waals surface area contributed by atoms with Gasteiger partial charge >= 0.3 is 11.9 Å². The molecule has 6 rings (SSSR count). The second-order valence-electron chi connectivity index (χ2n) is 9.66. The molecule has 2 aromatic carbocycles. The molecule has 0 spiro atoms. The molecule has 206 valence electrons. The Balaban J connectivity index is 1.49. The van der Waals surface area contributed by atoms with Crippen LogP contribution in [0.25, 0.3) is 27.4 Å². The predicted octanol–water partition coefficient (Wildman–Crippen LogP) is 4.94. The highest BCUT2D eigenvalue weighted by Crippen LogP contribution is 2.32. The molecular weight excluding hydrogens is 545 g/mol. The molecule has 0 N–H and O–H groups in total. The van der Waals surface area contributed by atoms with Crippen molar-refractivity contribution in [2.45, 2.75) is 39.4 Å². The number of hydrogen-bond acceptors (Lipinski definition) is 8. The lowest BCUT2D eigenvalue weighted by atomic mass is 10.1. The van der Waals surface area contributed by atoms with Crippen LogP contribution >= 0.6 is 11.3 Å². The standard InChI is InChI=1S/C27H23F3N6O3S/c1-15-7-5-10-19(16(15)2)36-24(37)21-23(32-25(40-21)34-11-3-4-12-34)35(26(36)38)14-20-31-22(33-39-20)17-8-6-9-18(13-17)27(28,29)30/h5-10,13H,3-4,11-12,14H2,1-2H3. The van der Waals surface area contributed by atoms with Crippen LogP contribution in [0.2, 0.25) is 0 Å². The normalized spacial score (nSPS) is 14.0. The van der Waals surface area contributed by atoms with E-state index in [0.29, 0.717) is 15.5 Å². The lowest BCUT2D eigenvalue weighted by Gasteiger charge is -2.13. The maximum atomic E-state index is 13.9. The fourth-order valence-corrected chi connectivity index (χ4v) is 5.86. The smallest absolute Gasteiger partial charge is 0.348 e. The molecule has 5 aromatic rings. The van der Waals surface area contributed by atoms with E-state index < -0.39 is 23.0 Å². The van der Waals surface area contributed by atoms with E-state index in [1.54, 1.807) is 12.1 Å². The number of halogens is 3. The van der Waals surface area contributed by atoms with Crippen molar-refractivity contribution in [3.05, 3.63) is 85.9 Å². The molecule has 0 aliphatic carbocycles. The number of fused-ring (bicyclic) bond motifs is 1. The van der Waals surface area contributed by atoms with Crippen LogP contribution in [0.1, 0.15) is 35.4 Å². The first-order chi connectivity index (χ1) is 19.1. The molecule has 3 aromatic heterocycles. The number of hydrogen-bond donors (Lipinski definition) is 0. The van der Waals surface area contributed by atoms with Gasteiger partial charge in [0.2, 0.25) is 11.7 Å². The Kier molecular flexibility index (Phi) is 6.32.